The van der Waals surface area contributed by atoms with Crippen LogP contribution in [-0.2, 0) is 23.2 Å². The Balaban J connectivity index is 1.37. The van der Waals surface area contributed by atoms with Crippen LogP contribution in [-0.4, -0.2) is 65.3 Å². The van der Waals surface area contributed by atoms with Gasteiger partial charge in [0.05, 0.1) is 29.4 Å². The highest BCUT2D eigenvalue weighted by Gasteiger charge is 2.45. The molecule has 3 atom stereocenters. The molecule has 2 fully saturated rings. The van der Waals surface area contributed by atoms with Crippen molar-refractivity contribution in [1.82, 2.24) is 35.0 Å². The number of amides is 2. The molecule has 37 heavy (non-hydrogen) atoms. The molecule has 1 saturated carbocycles. The van der Waals surface area contributed by atoms with Crippen molar-refractivity contribution in [2.75, 3.05) is 6.54 Å². The maximum atomic E-state index is 13.9. The molecule has 1 aliphatic heterocycles. The summed E-state index contributed by atoms with van der Waals surface area (Å²) in [5.74, 6) is -0.254. The second-order valence-corrected chi connectivity index (χ2v) is 11.2. The first-order chi connectivity index (χ1) is 17.5. The first-order valence-corrected chi connectivity index (χ1v) is 12.7. The van der Waals surface area contributed by atoms with Gasteiger partial charge < -0.3 is 15.3 Å². The van der Waals surface area contributed by atoms with Crippen LogP contribution in [0.3, 0.4) is 0 Å². The largest absolute Gasteiger partial charge is 0.391 e. The van der Waals surface area contributed by atoms with Gasteiger partial charge in [-0.2, -0.15) is 5.10 Å². The van der Waals surface area contributed by atoms with Crippen molar-refractivity contribution in [3.05, 3.63) is 52.2 Å². The van der Waals surface area contributed by atoms with Crippen molar-refractivity contribution in [2.24, 2.45) is 12.5 Å². The minimum atomic E-state index is -0.836. The van der Waals surface area contributed by atoms with Crippen LogP contribution in [0.15, 0.2) is 35.3 Å². The summed E-state index contributed by atoms with van der Waals surface area (Å²) in [6.07, 6.45) is 3.32. The van der Waals surface area contributed by atoms with Crippen molar-refractivity contribution in [3.8, 4) is 0 Å². The summed E-state index contributed by atoms with van der Waals surface area (Å²) in [7, 11) is 1.57. The molecular formula is C26H33N7O4. The number of aryl methyl sites for hydroxylation is 1. The van der Waals surface area contributed by atoms with E-state index in [1.54, 1.807) is 29.9 Å². The van der Waals surface area contributed by atoms with Gasteiger partial charge in [0.2, 0.25) is 11.8 Å². The van der Waals surface area contributed by atoms with Crippen LogP contribution in [0.5, 0.6) is 0 Å². The number of nitrogens with zero attached hydrogens (tertiary/aromatic N) is 6. The standard InChI is InChI=1S/C26H33N7O4/c1-26(2,3)22(33-14-20(28-30-33)15-9-10-15)25(37)32-13-16(34)11-21(32)23(35)27-12-19-17-7-5-6-8-18(17)24(36)31(4)29-19/h5-8,14-16,21-22,34H,9-13H2,1-4H3,(H,27,35)/t16-,21+,22-/m1/s1. The molecule has 5 rings (SSSR count). The van der Waals surface area contributed by atoms with Gasteiger partial charge >= 0.3 is 0 Å². The van der Waals surface area contributed by atoms with Crippen LogP contribution in [0, 0.1) is 5.41 Å². The lowest BCUT2D eigenvalue weighted by molar-refractivity contribution is -0.144. The van der Waals surface area contributed by atoms with Gasteiger partial charge in [-0.05, 0) is 24.3 Å². The molecular weight excluding hydrogens is 474 g/mol. The van der Waals surface area contributed by atoms with Crippen LogP contribution in [0.25, 0.3) is 10.8 Å². The number of hydrogen-bond donors (Lipinski definition) is 2. The molecule has 2 aromatic heterocycles. The fourth-order valence-electron chi connectivity index (χ4n) is 5.12. The van der Waals surface area contributed by atoms with Gasteiger partial charge in [0, 0.05) is 37.5 Å². The molecule has 2 amide bonds. The number of nitrogens with one attached hydrogen (secondary N) is 1. The van der Waals surface area contributed by atoms with Crippen LogP contribution >= 0.6 is 0 Å². The third-order valence-corrected chi connectivity index (χ3v) is 7.17. The van der Waals surface area contributed by atoms with Crippen molar-refractivity contribution < 1.29 is 14.7 Å². The fraction of sp³-hybridized carbons (Fsp3) is 0.538. The Morgan fingerprint density at radius 3 is 2.57 bits per heavy atom. The second kappa shape index (κ2) is 9.37. The summed E-state index contributed by atoms with van der Waals surface area (Å²) in [4.78, 5) is 41.1. The number of likely N-dealkylation sites (tertiary alicyclic amines) is 1. The zero-order valence-electron chi connectivity index (χ0n) is 21.6. The van der Waals surface area contributed by atoms with Gasteiger partial charge in [0.15, 0.2) is 0 Å². The van der Waals surface area contributed by atoms with E-state index in [1.807, 2.05) is 33.0 Å². The number of hydrogen-bond acceptors (Lipinski definition) is 7. The van der Waals surface area contributed by atoms with Crippen LogP contribution in [0.4, 0.5) is 0 Å². The second-order valence-electron chi connectivity index (χ2n) is 11.2. The summed E-state index contributed by atoms with van der Waals surface area (Å²) in [6.45, 7) is 6.00. The highest BCUT2D eigenvalue weighted by Crippen LogP contribution is 2.40. The highest BCUT2D eigenvalue weighted by molar-refractivity contribution is 5.90. The third kappa shape index (κ3) is 4.87. The number of β-amino-alcohol motifs (C(OH)–C–C–N with tert-alkyl or cyclic N) is 1. The van der Waals surface area contributed by atoms with Crippen LogP contribution in [0.2, 0.25) is 0 Å². The summed E-state index contributed by atoms with van der Waals surface area (Å²) in [6, 6.07) is 5.60. The van der Waals surface area contributed by atoms with Crippen molar-refractivity contribution in [1.29, 1.82) is 0 Å². The molecule has 3 aromatic rings. The zero-order valence-corrected chi connectivity index (χ0v) is 21.6. The predicted molar refractivity (Wildman–Crippen MR) is 135 cm³/mol. The minimum absolute atomic E-state index is 0.0642. The smallest absolute Gasteiger partial charge is 0.274 e. The number of carbonyl (C=O) groups excluding carboxylic acids is 2. The molecule has 196 valence electrons. The molecule has 1 aromatic carbocycles. The number of aliphatic hydroxyl groups excluding tert-OH is 1. The number of carbonyl (C=O) groups is 2. The van der Waals surface area contributed by atoms with E-state index >= 15 is 0 Å². The Morgan fingerprint density at radius 2 is 1.89 bits per heavy atom. The number of benzene rings is 1. The molecule has 0 bridgehead atoms. The molecule has 11 nitrogen and oxygen atoms in total. The lowest BCUT2D eigenvalue weighted by atomic mass is 9.85. The Kier molecular flexibility index (Phi) is 6.35. The van der Waals surface area contributed by atoms with Crippen LogP contribution < -0.4 is 10.9 Å². The molecule has 2 aliphatic rings. The topological polar surface area (TPSA) is 135 Å². The van der Waals surface area contributed by atoms with E-state index in [2.05, 4.69) is 20.7 Å². The van der Waals surface area contributed by atoms with E-state index in [4.69, 9.17) is 0 Å². The average molecular weight is 508 g/mol. The van der Waals surface area contributed by atoms with Gasteiger partial charge in [-0.25, -0.2) is 9.36 Å². The van der Waals surface area contributed by atoms with Gasteiger partial charge in [-0.15, -0.1) is 5.10 Å². The molecule has 0 unspecified atom stereocenters. The Morgan fingerprint density at radius 1 is 1.19 bits per heavy atom. The molecule has 2 N–H and O–H groups in total. The quantitative estimate of drug-likeness (QED) is 0.513. The average Bonchev–Trinajstić information content (AvgIpc) is 3.46. The van der Waals surface area contributed by atoms with Gasteiger partial charge in [0.25, 0.3) is 5.56 Å². The van der Waals surface area contributed by atoms with E-state index in [-0.39, 0.29) is 36.9 Å². The summed E-state index contributed by atoms with van der Waals surface area (Å²) in [5, 5.41) is 27.4. The van der Waals surface area contributed by atoms with Gasteiger partial charge in [-0.1, -0.05) is 44.2 Å². The van der Waals surface area contributed by atoms with E-state index in [0.29, 0.717) is 22.4 Å². The summed E-state index contributed by atoms with van der Waals surface area (Å²) >= 11 is 0. The van der Waals surface area contributed by atoms with E-state index in [0.717, 1.165) is 18.5 Å². The van der Waals surface area contributed by atoms with E-state index < -0.39 is 23.6 Å². The van der Waals surface area contributed by atoms with E-state index in [9.17, 15) is 19.5 Å². The SMILES string of the molecule is Cn1nc(CNC(=O)[C@@H]2C[C@@H](O)CN2C(=O)[C@@H](n2cc(C3CC3)nn2)C(C)(C)C)c2ccccc2c1=O. The Bertz CT molecular complexity index is 1400. The Hall–Kier alpha value is -3.60. The number of aliphatic hydroxyl groups is 1. The predicted octanol–water partition coefficient (Wildman–Crippen LogP) is 1.27. The maximum Gasteiger partial charge on any atom is 0.274 e. The molecule has 11 heteroatoms. The fourth-order valence-corrected chi connectivity index (χ4v) is 5.12. The lowest BCUT2D eigenvalue weighted by Gasteiger charge is -2.34. The van der Waals surface area contributed by atoms with Crippen LogP contribution in [0.1, 0.15) is 63.4 Å². The van der Waals surface area contributed by atoms with Gasteiger partial charge in [-0.3, -0.25) is 14.4 Å². The third-order valence-electron chi connectivity index (χ3n) is 7.17. The minimum Gasteiger partial charge on any atom is -0.391 e. The molecule has 0 spiro atoms. The van der Waals surface area contributed by atoms with Crippen molar-refractivity contribution >= 4 is 22.6 Å². The number of aromatic nitrogens is 5. The van der Waals surface area contributed by atoms with E-state index in [1.165, 1.54) is 9.58 Å². The normalized spacial score (nSPS) is 20.8. The molecule has 1 saturated heterocycles. The van der Waals surface area contributed by atoms with Gasteiger partial charge in [0.1, 0.15) is 12.1 Å². The highest BCUT2D eigenvalue weighted by atomic mass is 16.3. The first kappa shape index (κ1) is 25.1. The Labute approximate surface area is 214 Å². The summed E-state index contributed by atoms with van der Waals surface area (Å²) in [5.41, 5.74) is 0.713. The van der Waals surface area contributed by atoms with Crippen molar-refractivity contribution in [2.45, 2.75) is 70.7 Å². The first-order valence-electron chi connectivity index (χ1n) is 12.7. The van der Waals surface area contributed by atoms with Crippen molar-refractivity contribution in [3.63, 3.8) is 0 Å². The monoisotopic (exact) mass is 507 g/mol. The lowest BCUT2D eigenvalue weighted by Crippen LogP contribution is -2.50. The number of rotatable bonds is 6. The maximum absolute atomic E-state index is 13.9. The zero-order chi connectivity index (χ0) is 26.5. The molecule has 3 heterocycles. The number of fused-ring (bicyclic) bond motifs is 1. The molecule has 1 aliphatic carbocycles. The molecule has 0 radical (unpaired) electrons. The summed E-state index contributed by atoms with van der Waals surface area (Å²) < 4.78 is 2.86.